The highest BCUT2D eigenvalue weighted by atomic mass is 16.5. The standard InChI is InChI=1S/C19H26N2O/c1-19(15-20,16-8-5-4-6-9-16)12-13-22-18-11-7-10-17(14-18)21(2)3/h4-11,14H,12-13,15,20H2,1-3H3. The van der Waals surface area contributed by atoms with Gasteiger partial charge in [0.05, 0.1) is 6.61 Å². The summed E-state index contributed by atoms with van der Waals surface area (Å²) in [7, 11) is 4.06. The Kier molecular flexibility index (Phi) is 5.45. The first kappa shape index (κ1) is 16.4. The van der Waals surface area contributed by atoms with Crippen LogP contribution in [0.1, 0.15) is 18.9 Å². The summed E-state index contributed by atoms with van der Waals surface area (Å²) in [4.78, 5) is 2.07. The Hall–Kier alpha value is -2.00. The second-order valence-corrected chi connectivity index (χ2v) is 6.12. The van der Waals surface area contributed by atoms with Crippen LogP contribution in [0.5, 0.6) is 5.75 Å². The zero-order valence-electron chi connectivity index (χ0n) is 13.8. The summed E-state index contributed by atoms with van der Waals surface area (Å²) in [6, 6.07) is 18.6. The molecule has 0 bridgehead atoms. The topological polar surface area (TPSA) is 38.5 Å². The minimum Gasteiger partial charge on any atom is -0.493 e. The van der Waals surface area contributed by atoms with Gasteiger partial charge in [0.2, 0.25) is 0 Å². The Morgan fingerprint density at radius 2 is 1.77 bits per heavy atom. The molecular formula is C19H26N2O. The lowest BCUT2D eigenvalue weighted by atomic mass is 9.80. The smallest absolute Gasteiger partial charge is 0.121 e. The Morgan fingerprint density at radius 3 is 2.41 bits per heavy atom. The number of rotatable bonds is 7. The molecule has 0 radical (unpaired) electrons. The molecule has 2 N–H and O–H groups in total. The molecule has 1 unspecified atom stereocenters. The van der Waals surface area contributed by atoms with Crippen LogP contribution in [-0.2, 0) is 5.41 Å². The summed E-state index contributed by atoms with van der Waals surface area (Å²) in [5.41, 5.74) is 8.37. The number of nitrogens with zero attached hydrogens (tertiary/aromatic N) is 1. The number of ether oxygens (including phenoxy) is 1. The number of hydrogen-bond donors (Lipinski definition) is 1. The quantitative estimate of drug-likeness (QED) is 0.851. The molecule has 0 saturated heterocycles. The number of benzene rings is 2. The van der Waals surface area contributed by atoms with Crippen molar-refractivity contribution in [2.45, 2.75) is 18.8 Å². The van der Waals surface area contributed by atoms with Crippen molar-refractivity contribution in [1.82, 2.24) is 0 Å². The number of anilines is 1. The molecular weight excluding hydrogens is 272 g/mol. The first-order valence-electron chi connectivity index (χ1n) is 7.71. The molecule has 0 spiro atoms. The van der Waals surface area contributed by atoms with E-state index in [9.17, 15) is 0 Å². The Bertz CT molecular complexity index is 583. The summed E-state index contributed by atoms with van der Waals surface area (Å²) in [5.74, 6) is 0.902. The van der Waals surface area contributed by atoms with E-state index in [0.29, 0.717) is 13.2 Å². The lowest BCUT2D eigenvalue weighted by Gasteiger charge is -2.28. The average molecular weight is 298 g/mol. The Morgan fingerprint density at radius 1 is 1.05 bits per heavy atom. The van der Waals surface area contributed by atoms with E-state index in [1.54, 1.807) is 0 Å². The minimum absolute atomic E-state index is 0.0551. The van der Waals surface area contributed by atoms with Crippen molar-refractivity contribution in [2.24, 2.45) is 5.73 Å². The van der Waals surface area contributed by atoms with Crippen molar-refractivity contribution in [3.8, 4) is 5.75 Å². The van der Waals surface area contributed by atoms with Gasteiger partial charge in [0.25, 0.3) is 0 Å². The molecule has 0 aromatic heterocycles. The monoisotopic (exact) mass is 298 g/mol. The fraction of sp³-hybridized carbons (Fsp3) is 0.368. The molecule has 22 heavy (non-hydrogen) atoms. The maximum absolute atomic E-state index is 6.02. The van der Waals surface area contributed by atoms with Crippen molar-refractivity contribution in [1.29, 1.82) is 0 Å². The second kappa shape index (κ2) is 7.32. The van der Waals surface area contributed by atoms with Gasteiger partial charge in [-0.2, -0.15) is 0 Å². The van der Waals surface area contributed by atoms with E-state index in [4.69, 9.17) is 10.5 Å². The number of nitrogens with two attached hydrogens (primary N) is 1. The van der Waals surface area contributed by atoms with Crippen LogP contribution in [0.2, 0.25) is 0 Å². The van der Waals surface area contributed by atoms with Gasteiger partial charge in [-0.15, -0.1) is 0 Å². The van der Waals surface area contributed by atoms with Gasteiger partial charge >= 0.3 is 0 Å². The molecule has 0 aliphatic heterocycles. The van der Waals surface area contributed by atoms with Crippen LogP contribution in [0.15, 0.2) is 54.6 Å². The fourth-order valence-electron chi connectivity index (χ4n) is 2.45. The summed E-state index contributed by atoms with van der Waals surface area (Å²) in [6.45, 7) is 3.46. The molecule has 3 heteroatoms. The van der Waals surface area contributed by atoms with Crippen LogP contribution in [-0.4, -0.2) is 27.2 Å². The molecule has 0 heterocycles. The molecule has 0 fully saturated rings. The highest BCUT2D eigenvalue weighted by Gasteiger charge is 2.24. The highest BCUT2D eigenvalue weighted by molar-refractivity contribution is 5.49. The van der Waals surface area contributed by atoms with Gasteiger partial charge < -0.3 is 15.4 Å². The van der Waals surface area contributed by atoms with Crippen LogP contribution >= 0.6 is 0 Å². The molecule has 1 atom stereocenters. The molecule has 2 aromatic rings. The summed E-state index contributed by atoms with van der Waals surface area (Å²) < 4.78 is 5.93. The molecule has 3 nitrogen and oxygen atoms in total. The van der Waals surface area contributed by atoms with Gasteiger partial charge in [0.15, 0.2) is 0 Å². The summed E-state index contributed by atoms with van der Waals surface area (Å²) >= 11 is 0. The zero-order chi connectivity index (χ0) is 16.0. The average Bonchev–Trinajstić information content (AvgIpc) is 2.55. The van der Waals surface area contributed by atoms with Gasteiger partial charge in [-0.1, -0.05) is 43.3 Å². The molecule has 0 amide bonds. The van der Waals surface area contributed by atoms with Crippen molar-refractivity contribution in [3.63, 3.8) is 0 Å². The van der Waals surface area contributed by atoms with E-state index in [-0.39, 0.29) is 5.41 Å². The SMILES string of the molecule is CN(C)c1cccc(OCCC(C)(CN)c2ccccc2)c1. The van der Waals surface area contributed by atoms with Crippen molar-refractivity contribution < 1.29 is 4.74 Å². The lowest BCUT2D eigenvalue weighted by molar-refractivity contribution is 0.267. The van der Waals surface area contributed by atoms with Gasteiger partial charge in [-0.3, -0.25) is 0 Å². The molecule has 0 aliphatic carbocycles. The van der Waals surface area contributed by atoms with E-state index in [1.807, 2.05) is 32.3 Å². The molecule has 0 saturated carbocycles. The number of hydrogen-bond acceptors (Lipinski definition) is 3. The van der Waals surface area contributed by atoms with Crippen molar-refractivity contribution in [2.75, 3.05) is 32.1 Å². The highest BCUT2D eigenvalue weighted by Crippen LogP contribution is 2.27. The molecule has 2 rings (SSSR count). The van der Waals surface area contributed by atoms with Crippen LogP contribution in [0.4, 0.5) is 5.69 Å². The van der Waals surface area contributed by atoms with Crippen molar-refractivity contribution in [3.05, 3.63) is 60.2 Å². The normalized spacial score (nSPS) is 13.5. The fourth-order valence-corrected chi connectivity index (χ4v) is 2.45. The maximum Gasteiger partial charge on any atom is 0.121 e. The Labute approximate surface area is 133 Å². The van der Waals surface area contributed by atoms with E-state index in [0.717, 1.165) is 17.9 Å². The third-order valence-corrected chi connectivity index (χ3v) is 4.18. The minimum atomic E-state index is -0.0551. The summed E-state index contributed by atoms with van der Waals surface area (Å²) in [6.07, 6.45) is 0.889. The van der Waals surface area contributed by atoms with Crippen LogP contribution in [0.25, 0.3) is 0 Å². The molecule has 118 valence electrons. The van der Waals surface area contributed by atoms with E-state index < -0.39 is 0 Å². The Balaban J connectivity index is 1.98. The third-order valence-electron chi connectivity index (χ3n) is 4.18. The predicted molar refractivity (Wildman–Crippen MR) is 93.7 cm³/mol. The lowest BCUT2D eigenvalue weighted by Crippen LogP contribution is -2.33. The molecule has 0 aliphatic rings. The van der Waals surface area contributed by atoms with Crippen LogP contribution in [0, 0.1) is 0 Å². The summed E-state index contributed by atoms with van der Waals surface area (Å²) in [5, 5.41) is 0. The van der Waals surface area contributed by atoms with Gasteiger partial charge in [-0.25, -0.2) is 0 Å². The molecule has 2 aromatic carbocycles. The zero-order valence-corrected chi connectivity index (χ0v) is 13.8. The first-order chi connectivity index (χ1) is 10.5. The van der Waals surface area contributed by atoms with Crippen LogP contribution in [0.3, 0.4) is 0 Å². The van der Waals surface area contributed by atoms with E-state index in [1.165, 1.54) is 5.56 Å². The van der Waals surface area contributed by atoms with Crippen LogP contribution < -0.4 is 15.4 Å². The van der Waals surface area contributed by atoms with E-state index in [2.05, 4.69) is 48.2 Å². The predicted octanol–water partition coefficient (Wildman–Crippen LogP) is 3.44. The van der Waals surface area contributed by atoms with E-state index >= 15 is 0 Å². The van der Waals surface area contributed by atoms with Gasteiger partial charge in [0, 0.05) is 37.8 Å². The van der Waals surface area contributed by atoms with Gasteiger partial charge in [0.1, 0.15) is 5.75 Å². The first-order valence-corrected chi connectivity index (χ1v) is 7.71. The third kappa shape index (κ3) is 4.01. The van der Waals surface area contributed by atoms with Gasteiger partial charge in [-0.05, 0) is 24.1 Å². The maximum atomic E-state index is 6.02. The van der Waals surface area contributed by atoms with Crippen molar-refractivity contribution >= 4 is 5.69 Å². The second-order valence-electron chi connectivity index (χ2n) is 6.12. The largest absolute Gasteiger partial charge is 0.493 e.